The van der Waals surface area contributed by atoms with E-state index in [9.17, 15) is 0 Å². The molecule has 104 valence electrons. The van der Waals surface area contributed by atoms with Crippen LogP contribution in [0.4, 0.5) is 5.82 Å². The molecule has 3 rings (SSSR count). The summed E-state index contributed by atoms with van der Waals surface area (Å²) in [6.45, 7) is 0. The van der Waals surface area contributed by atoms with Gasteiger partial charge in [0.2, 0.25) is 5.88 Å². The molecule has 0 radical (unpaired) electrons. The van der Waals surface area contributed by atoms with Gasteiger partial charge in [-0.3, -0.25) is 0 Å². The van der Waals surface area contributed by atoms with E-state index in [0.29, 0.717) is 17.6 Å². The third-order valence-electron chi connectivity index (χ3n) is 3.09. The first kappa shape index (κ1) is 13.2. The lowest BCUT2D eigenvalue weighted by molar-refractivity contribution is 0.458. The number of thioether (sulfide) groups is 1. The van der Waals surface area contributed by atoms with E-state index in [0.717, 1.165) is 24.4 Å². The Balaban J connectivity index is 1.83. The van der Waals surface area contributed by atoms with Crippen LogP contribution in [-0.4, -0.2) is 16.2 Å². The Hall–Kier alpha value is -1.79. The fraction of sp³-hybridized carbons (Fsp3) is 0.286. The van der Waals surface area contributed by atoms with Gasteiger partial charge in [0, 0.05) is 16.9 Å². The summed E-state index contributed by atoms with van der Waals surface area (Å²) in [7, 11) is 0. The van der Waals surface area contributed by atoms with Crippen molar-refractivity contribution in [1.82, 2.24) is 9.97 Å². The van der Waals surface area contributed by atoms with Crippen molar-refractivity contribution in [3.63, 3.8) is 0 Å². The molecule has 5 nitrogen and oxygen atoms in total. The fourth-order valence-electron chi connectivity index (χ4n) is 1.86. The van der Waals surface area contributed by atoms with E-state index in [4.69, 9.17) is 10.6 Å². The van der Waals surface area contributed by atoms with Crippen LogP contribution < -0.4 is 16.0 Å². The van der Waals surface area contributed by atoms with E-state index in [2.05, 4.69) is 15.4 Å². The zero-order valence-electron chi connectivity index (χ0n) is 11.2. The Morgan fingerprint density at radius 2 is 2.00 bits per heavy atom. The highest BCUT2D eigenvalue weighted by Gasteiger charge is 2.27. The van der Waals surface area contributed by atoms with Crippen molar-refractivity contribution in [3.05, 3.63) is 36.2 Å². The van der Waals surface area contributed by atoms with Gasteiger partial charge in [-0.2, -0.15) is 4.98 Å². The van der Waals surface area contributed by atoms with E-state index < -0.39 is 0 Å². The first-order chi connectivity index (χ1) is 9.78. The van der Waals surface area contributed by atoms with Crippen LogP contribution in [0.25, 0.3) is 0 Å². The monoisotopic (exact) mass is 288 g/mol. The summed E-state index contributed by atoms with van der Waals surface area (Å²) in [5, 5.41) is 0. The number of nitrogens with two attached hydrogens (primary N) is 1. The van der Waals surface area contributed by atoms with Gasteiger partial charge >= 0.3 is 0 Å². The molecular weight excluding hydrogens is 272 g/mol. The number of aromatic nitrogens is 2. The molecule has 0 atom stereocenters. The van der Waals surface area contributed by atoms with Crippen molar-refractivity contribution in [2.45, 2.75) is 23.7 Å². The number of ether oxygens (including phenoxy) is 1. The summed E-state index contributed by atoms with van der Waals surface area (Å²) >= 11 is 1.70. The Bertz CT molecular complexity index is 599. The molecule has 1 aromatic carbocycles. The van der Waals surface area contributed by atoms with Crippen molar-refractivity contribution in [3.8, 4) is 11.6 Å². The van der Waals surface area contributed by atoms with Gasteiger partial charge in [-0.1, -0.05) is 0 Å². The second-order valence-electron chi connectivity index (χ2n) is 4.65. The smallest absolute Gasteiger partial charge is 0.224 e. The SMILES string of the molecule is CSc1ccc(Oc2cc(NN)nc(C3CC3)n2)cc1. The van der Waals surface area contributed by atoms with Crippen LogP contribution in [0.15, 0.2) is 35.2 Å². The number of hydrogen-bond donors (Lipinski definition) is 2. The number of benzene rings is 1. The number of nitrogen functional groups attached to an aromatic ring is 1. The number of anilines is 1. The summed E-state index contributed by atoms with van der Waals surface area (Å²) in [6.07, 6.45) is 4.31. The van der Waals surface area contributed by atoms with E-state index >= 15 is 0 Å². The second-order valence-corrected chi connectivity index (χ2v) is 5.53. The van der Waals surface area contributed by atoms with Gasteiger partial charge in [0.25, 0.3) is 0 Å². The molecule has 0 aliphatic heterocycles. The summed E-state index contributed by atoms with van der Waals surface area (Å²) < 4.78 is 5.78. The maximum atomic E-state index is 5.78. The van der Waals surface area contributed by atoms with Crippen LogP contribution in [0.2, 0.25) is 0 Å². The predicted octanol–water partition coefficient (Wildman–Crippen LogP) is 3.15. The minimum atomic E-state index is 0.449. The number of nitrogens with one attached hydrogen (secondary N) is 1. The minimum Gasteiger partial charge on any atom is -0.439 e. The molecule has 1 saturated carbocycles. The van der Waals surface area contributed by atoms with Gasteiger partial charge in [0.05, 0.1) is 0 Å². The van der Waals surface area contributed by atoms with Crippen molar-refractivity contribution in [1.29, 1.82) is 0 Å². The summed E-state index contributed by atoms with van der Waals surface area (Å²) in [4.78, 5) is 10.00. The summed E-state index contributed by atoms with van der Waals surface area (Å²) in [5.41, 5.74) is 2.56. The standard InChI is InChI=1S/C14H16N4OS/c1-20-11-6-4-10(5-7-11)19-13-8-12(18-15)16-14(17-13)9-2-3-9/h4-9H,2-3,15H2,1H3,(H,16,17,18). The lowest BCUT2D eigenvalue weighted by Gasteiger charge is -2.09. The predicted molar refractivity (Wildman–Crippen MR) is 80.1 cm³/mol. The zero-order chi connectivity index (χ0) is 13.9. The molecule has 1 aromatic heterocycles. The molecule has 2 aromatic rings. The van der Waals surface area contributed by atoms with Gasteiger partial charge in [-0.05, 0) is 43.4 Å². The molecule has 0 spiro atoms. The number of hydrazine groups is 1. The van der Waals surface area contributed by atoms with Crippen LogP contribution in [0.5, 0.6) is 11.6 Å². The molecule has 1 fully saturated rings. The lowest BCUT2D eigenvalue weighted by Crippen LogP contribution is -2.10. The van der Waals surface area contributed by atoms with Crippen molar-refractivity contribution < 1.29 is 4.74 Å². The van der Waals surface area contributed by atoms with Crippen LogP contribution in [0.1, 0.15) is 24.6 Å². The van der Waals surface area contributed by atoms with Crippen LogP contribution in [0.3, 0.4) is 0 Å². The van der Waals surface area contributed by atoms with Gasteiger partial charge in [0.1, 0.15) is 17.4 Å². The highest BCUT2D eigenvalue weighted by atomic mass is 32.2. The normalized spacial score (nSPS) is 14.1. The third-order valence-corrected chi connectivity index (χ3v) is 3.84. The van der Waals surface area contributed by atoms with Gasteiger partial charge in [-0.15, -0.1) is 11.8 Å². The molecule has 1 aliphatic carbocycles. The maximum Gasteiger partial charge on any atom is 0.224 e. The second kappa shape index (κ2) is 5.68. The highest BCUT2D eigenvalue weighted by molar-refractivity contribution is 7.98. The highest BCUT2D eigenvalue weighted by Crippen LogP contribution is 2.39. The number of rotatable bonds is 5. The molecular formula is C14H16N4OS. The molecule has 20 heavy (non-hydrogen) atoms. The van der Waals surface area contributed by atoms with Crippen molar-refractivity contribution in [2.75, 3.05) is 11.7 Å². The van der Waals surface area contributed by atoms with Crippen LogP contribution in [0, 0.1) is 0 Å². The summed E-state index contributed by atoms with van der Waals surface area (Å²) in [5.74, 6) is 8.55. The molecule has 1 aliphatic rings. The third kappa shape index (κ3) is 3.02. The van der Waals surface area contributed by atoms with Crippen LogP contribution in [-0.2, 0) is 0 Å². The van der Waals surface area contributed by atoms with Gasteiger partial charge < -0.3 is 10.2 Å². The lowest BCUT2D eigenvalue weighted by atomic mass is 10.3. The zero-order valence-corrected chi connectivity index (χ0v) is 12.0. The Kier molecular flexibility index (Phi) is 3.75. The molecule has 0 bridgehead atoms. The average molecular weight is 288 g/mol. The molecule has 0 saturated heterocycles. The van der Waals surface area contributed by atoms with Gasteiger partial charge in [-0.25, -0.2) is 10.8 Å². The van der Waals surface area contributed by atoms with Crippen molar-refractivity contribution in [2.24, 2.45) is 5.84 Å². The topological polar surface area (TPSA) is 73.1 Å². The van der Waals surface area contributed by atoms with E-state index in [1.54, 1.807) is 17.8 Å². The molecule has 3 N–H and O–H groups in total. The van der Waals surface area contributed by atoms with E-state index in [1.165, 1.54) is 4.90 Å². The largest absolute Gasteiger partial charge is 0.439 e. The number of nitrogens with zero attached hydrogens (tertiary/aromatic N) is 2. The average Bonchev–Trinajstić information content (AvgIpc) is 3.32. The maximum absolute atomic E-state index is 5.78. The molecule has 1 heterocycles. The first-order valence-electron chi connectivity index (χ1n) is 6.46. The quantitative estimate of drug-likeness (QED) is 0.500. The van der Waals surface area contributed by atoms with E-state index in [-0.39, 0.29) is 0 Å². The molecule has 6 heteroatoms. The Labute approximate surface area is 121 Å². The van der Waals surface area contributed by atoms with Gasteiger partial charge in [0.15, 0.2) is 0 Å². The Morgan fingerprint density at radius 1 is 1.25 bits per heavy atom. The first-order valence-corrected chi connectivity index (χ1v) is 7.68. The molecule has 0 amide bonds. The minimum absolute atomic E-state index is 0.449. The van der Waals surface area contributed by atoms with Crippen LogP contribution >= 0.6 is 11.8 Å². The summed E-state index contributed by atoms with van der Waals surface area (Å²) in [6, 6.07) is 9.60. The fourth-order valence-corrected chi connectivity index (χ4v) is 2.27. The Morgan fingerprint density at radius 3 is 2.60 bits per heavy atom. The molecule has 0 unspecified atom stereocenters. The number of hydrogen-bond acceptors (Lipinski definition) is 6. The van der Waals surface area contributed by atoms with Crippen molar-refractivity contribution >= 4 is 17.6 Å². The van der Waals surface area contributed by atoms with E-state index in [1.807, 2.05) is 30.5 Å².